The summed E-state index contributed by atoms with van der Waals surface area (Å²) < 4.78 is 2.06. The number of nitrogens with one attached hydrogen (secondary N) is 3. The van der Waals surface area contributed by atoms with E-state index in [0.717, 1.165) is 16.9 Å². The van der Waals surface area contributed by atoms with Crippen LogP contribution < -0.4 is 10.9 Å². The monoisotopic (exact) mass is 313 g/mol. The third-order valence-electron chi connectivity index (χ3n) is 3.79. The van der Waals surface area contributed by atoms with Crippen LogP contribution in [0.15, 0.2) is 29.2 Å². The lowest BCUT2D eigenvalue weighted by atomic mass is 10.2. The summed E-state index contributed by atoms with van der Waals surface area (Å²) in [5.41, 5.74) is 2.66. The van der Waals surface area contributed by atoms with Crippen molar-refractivity contribution in [3.63, 3.8) is 0 Å². The van der Waals surface area contributed by atoms with Crippen molar-refractivity contribution in [1.29, 1.82) is 0 Å². The molecular weight excluding hydrogens is 294 g/mol. The van der Waals surface area contributed by atoms with Crippen molar-refractivity contribution >= 4 is 22.6 Å². The Kier molecular flexibility index (Phi) is 3.77. The van der Waals surface area contributed by atoms with E-state index in [-0.39, 0.29) is 17.9 Å². The molecule has 3 rings (SSSR count). The number of carbonyl (C=O) groups excluding carboxylic acids is 1. The summed E-state index contributed by atoms with van der Waals surface area (Å²) in [6, 6.07) is 5.63. The van der Waals surface area contributed by atoms with Gasteiger partial charge in [0.15, 0.2) is 0 Å². The van der Waals surface area contributed by atoms with Gasteiger partial charge in [0.05, 0.1) is 17.5 Å². The summed E-state index contributed by atoms with van der Waals surface area (Å²) in [5.74, 6) is 1.09. The van der Waals surface area contributed by atoms with E-state index in [9.17, 15) is 9.59 Å². The number of aromatic nitrogens is 4. The van der Waals surface area contributed by atoms with Crippen LogP contribution in [0.25, 0.3) is 11.0 Å². The molecule has 1 aromatic carbocycles. The number of aryl methyl sites for hydroxylation is 1. The van der Waals surface area contributed by atoms with Gasteiger partial charge in [-0.1, -0.05) is 13.8 Å². The van der Waals surface area contributed by atoms with Crippen LogP contribution in [0.2, 0.25) is 0 Å². The molecule has 0 saturated carbocycles. The first-order chi connectivity index (χ1) is 11.0. The zero-order valence-corrected chi connectivity index (χ0v) is 13.3. The van der Waals surface area contributed by atoms with Gasteiger partial charge in [0.25, 0.3) is 5.56 Å². The number of carbonyl (C=O) groups is 1. The maximum atomic E-state index is 12.0. The number of benzene rings is 1. The van der Waals surface area contributed by atoms with Gasteiger partial charge in [-0.2, -0.15) is 0 Å². The lowest BCUT2D eigenvalue weighted by molar-refractivity contribution is -0.115. The van der Waals surface area contributed by atoms with Gasteiger partial charge in [0, 0.05) is 30.4 Å². The van der Waals surface area contributed by atoms with E-state index in [1.54, 1.807) is 0 Å². The van der Waals surface area contributed by atoms with E-state index in [4.69, 9.17) is 0 Å². The predicted octanol–water partition coefficient (Wildman–Crippen LogP) is 1.89. The number of hydrogen-bond donors (Lipinski definition) is 3. The highest BCUT2D eigenvalue weighted by atomic mass is 16.2. The lowest BCUT2D eigenvalue weighted by Crippen LogP contribution is -2.18. The summed E-state index contributed by atoms with van der Waals surface area (Å²) >= 11 is 0. The fourth-order valence-corrected chi connectivity index (χ4v) is 2.66. The Morgan fingerprint density at radius 3 is 2.83 bits per heavy atom. The average molecular weight is 313 g/mol. The van der Waals surface area contributed by atoms with Crippen LogP contribution in [0.1, 0.15) is 31.2 Å². The Bertz CT molecular complexity index is 916. The summed E-state index contributed by atoms with van der Waals surface area (Å²) in [6.07, 6.45) is 1.52. The standard InChI is InChI=1S/C16H19N5O2/c1-9(2)15-19-12-7-11(4-5-13(12)21(15)3)18-14(22)6-10-8-17-20-16(10)23/h4-5,7-9H,6H2,1-3H3,(H,18,22)(H2,17,20,23). The lowest BCUT2D eigenvalue weighted by Gasteiger charge is -2.05. The van der Waals surface area contributed by atoms with E-state index in [1.165, 1.54) is 6.20 Å². The van der Waals surface area contributed by atoms with Crippen molar-refractivity contribution in [2.75, 3.05) is 5.32 Å². The maximum absolute atomic E-state index is 12.0. The Morgan fingerprint density at radius 1 is 1.39 bits per heavy atom. The number of amides is 1. The summed E-state index contributed by atoms with van der Waals surface area (Å²) in [7, 11) is 1.99. The van der Waals surface area contributed by atoms with Crippen molar-refractivity contribution < 1.29 is 4.79 Å². The molecule has 120 valence electrons. The highest BCUT2D eigenvalue weighted by Gasteiger charge is 2.12. The number of fused-ring (bicyclic) bond motifs is 1. The molecule has 0 unspecified atom stereocenters. The SMILES string of the molecule is CC(C)c1nc2cc(NC(=O)Cc3c[nH][nH]c3=O)ccc2n1C. The molecule has 2 heterocycles. The minimum Gasteiger partial charge on any atom is -0.331 e. The van der Waals surface area contributed by atoms with Crippen molar-refractivity contribution in [3.8, 4) is 0 Å². The van der Waals surface area contributed by atoms with Gasteiger partial charge in [-0.25, -0.2) is 4.98 Å². The second-order valence-electron chi connectivity index (χ2n) is 5.88. The van der Waals surface area contributed by atoms with Gasteiger partial charge in [-0.3, -0.25) is 14.7 Å². The van der Waals surface area contributed by atoms with Crippen molar-refractivity contribution in [2.24, 2.45) is 7.05 Å². The molecule has 0 aliphatic heterocycles. The van der Waals surface area contributed by atoms with Crippen LogP contribution in [-0.4, -0.2) is 25.7 Å². The Hall–Kier alpha value is -2.83. The molecule has 0 bridgehead atoms. The molecule has 0 fully saturated rings. The molecule has 0 aliphatic carbocycles. The maximum Gasteiger partial charge on any atom is 0.267 e. The van der Waals surface area contributed by atoms with Crippen LogP contribution >= 0.6 is 0 Å². The minimum atomic E-state index is -0.276. The number of H-pyrrole nitrogens is 2. The molecule has 0 radical (unpaired) electrons. The van der Waals surface area contributed by atoms with Crippen molar-refractivity contribution in [2.45, 2.75) is 26.2 Å². The Labute approximate surface area is 132 Å². The van der Waals surface area contributed by atoms with Crippen LogP contribution in [0, 0.1) is 0 Å². The number of aromatic amines is 2. The number of hydrogen-bond acceptors (Lipinski definition) is 3. The third-order valence-corrected chi connectivity index (χ3v) is 3.79. The van der Waals surface area contributed by atoms with E-state index < -0.39 is 0 Å². The molecule has 23 heavy (non-hydrogen) atoms. The van der Waals surface area contributed by atoms with Gasteiger partial charge in [0.2, 0.25) is 5.91 Å². The molecule has 0 atom stereocenters. The zero-order valence-electron chi connectivity index (χ0n) is 13.3. The minimum absolute atomic E-state index is 0.0241. The molecule has 3 N–H and O–H groups in total. The average Bonchev–Trinajstić information content (AvgIpc) is 3.03. The van der Waals surface area contributed by atoms with Gasteiger partial charge >= 0.3 is 0 Å². The molecule has 3 aromatic rings. The van der Waals surface area contributed by atoms with Crippen LogP contribution in [0.3, 0.4) is 0 Å². The first kappa shape index (κ1) is 15.1. The molecule has 0 spiro atoms. The molecule has 0 saturated heterocycles. The van der Waals surface area contributed by atoms with Gasteiger partial charge in [0.1, 0.15) is 5.82 Å². The van der Waals surface area contributed by atoms with Gasteiger partial charge in [-0.05, 0) is 18.2 Å². The molecule has 1 amide bonds. The number of imidazole rings is 1. The zero-order chi connectivity index (χ0) is 16.6. The number of anilines is 1. The normalized spacial score (nSPS) is 11.3. The quantitative estimate of drug-likeness (QED) is 0.686. The summed E-state index contributed by atoms with van der Waals surface area (Å²) in [4.78, 5) is 28.1. The second-order valence-corrected chi connectivity index (χ2v) is 5.88. The van der Waals surface area contributed by atoms with Gasteiger partial charge in [-0.15, -0.1) is 0 Å². The Balaban J connectivity index is 1.82. The predicted molar refractivity (Wildman–Crippen MR) is 88.6 cm³/mol. The molecule has 7 heteroatoms. The molecule has 2 aromatic heterocycles. The third kappa shape index (κ3) is 2.90. The fourth-order valence-electron chi connectivity index (χ4n) is 2.66. The first-order valence-corrected chi connectivity index (χ1v) is 7.47. The highest BCUT2D eigenvalue weighted by molar-refractivity contribution is 5.94. The van der Waals surface area contributed by atoms with Gasteiger partial charge < -0.3 is 15.0 Å². The topological polar surface area (TPSA) is 95.6 Å². The number of rotatable bonds is 4. The molecule has 7 nitrogen and oxygen atoms in total. The van der Waals surface area contributed by atoms with Crippen LogP contribution in [0.4, 0.5) is 5.69 Å². The second kappa shape index (κ2) is 5.75. The van der Waals surface area contributed by atoms with E-state index in [0.29, 0.717) is 17.2 Å². The summed E-state index contributed by atoms with van der Waals surface area (Å²) in [6.45, 7) is 4.19. The van der Waals surface area contributed by atoms with Crippen LogP contribution in [0.5, 0.6) is 0 Å². The molecular formula is C16H19N5O2. The smallest absolute Gasteiger partial charge is 0.267 e. The van der Waals surface area contributed by atoms with E-state index in [1.807, 2.05) is 25.2 Å². The largest absolute Gasteiger partial charge is 0.331 e. The van der Waals surface area contributed by atoms with Crippen molar-refractivity contribution in [1.82, 2.24) is 19.7 Å². The number of nitrogens with zero attached hydrogens (tertiary/aromatic N) is 2. The van der Waals surface area contributed by atoms with E-state index >= 15 is 0 Å². The molecule has 0 aliphatic rings. The Morgan fingerprint density at radius 2 is 2.17 bits per heavy atom. The first-order valence-electron chi connectivity index (χ1n) is 7.47. The fraction of sp³-hybridized carbons (Fsp3) is 0.312. The highest BCUT2D eigenvalue weighted by Crippen LogP contribution is 2.23. The van der Waals surface area contributed by atoms with Crippen molar-refractivity contribution in [3.05, 3.63) is 46.1 Å². The van der Waals surface area contributed by atoms with E-state index in [2.05, 4.69) is 38.9 Å². The summed E-state index contributed by atoms with van der Waals surface area (Å²) in [5, 5.41) is 7.79. The van der Waals surface area contributed by atoms with Crippen LogP contribution in [-0.2, 0) is 18.3 Å².